The highest BCUT2D eigenvalue weighted by Gasteiger charge is 2.19. The SMILES string of the molecule is COc1ccccc1[C@@H](C)N[C@@H](C)C(=O)Nc1ccccc1C#N. The highest BCUT2D eigenvalue weighted by Crippen LogP contribution is 2.24. The number of amides is 1. The Hall–Kier alpha value is -2.84. The van der Waals surface area contributed by atoms with E-state index in [4.69, 9.17) is 10.00 Å². The van der Waals surface area contributed by atoms with Crippen molar-refractivity contribution in [3.8, 4) is 11.8 Å². The van der Waals surface area contributed by atoms with Crippen LogP contribution < -0.4 is 15.4 Å². The Balaban J connectivity index is 2.05. The lowest BCUT2D eigenvalue weighted by atomic mass is 10.1. The molecule has 0 aliphatic heterocycles. The van der Waals surface area contributed by atoms with Crippen LogP contribution in [0, 0.1) is 11.3 Å². The molecule has 5 nitrogen and oxygen atoms in total. The van der Waals surface area contributed by atoms with Crippen LogP contribution in [-0.4, -0.2) is 19.1 Å². The van der Waals surface area contributed by atoms with Gasteiger partial charge in [0.2, 0.25) is 5.91 Å². The first-order valence-corrected chi connectivity index (χ1v) is 7.75. The molecule has 1 amide bonds. The molecule has 2 aromatic carbocycles. The molecular formula is C19H21N3O2. The molecule has 5 heteroatoms. The fourth-order valence-corrected chi connectivity index (χ4v) is 2.50. The number of rotatable bonds is 6. The number of nitriles is 1. The van der Waals surface area contributed by atoms with Crippen molar-refractivity contribution in [2.45, 2.75) is 25.9 Å². The van der Waals surface area contributed by atoms with E-state index in [0.29, 0.717) is 11.3 Å². The Kier molecular flexibility index (Phi) is 5.94. The van der Waals surface area contributed by atoms with Crippen LogP contribution in [0.25, 0.3) is 0 Å². The predicted molar refractivity (Wildman–Crippen MR) is 93.8 cm³/mol. The molecular weight excluding hydrogens is 302 g/mol. The number of para-hydroxylation sites is 2. The summed E-state index contributed by atoms with van der Waals surface area (Å²) >= 11 is 0. The number of anilines is 1. The number of hydrogen-bond acceptors (Lipinski definition) is 4. The van der Waals surface area contributed by atoms with Crippen LogP contribution >= 0.6 is 0 Å². The molecule has 0 aliphatic carbocycles. The van der Waals surface area contributed by atoms with Crippen molar-refractivity contribution < 1.29 is 9.53 Å². The smallest absolute Gasteiger partial charge is 0.241 e. The van der Waals surface area contributed by atoms with Crippen molar-refractivity contribution in [2.75, 3.05) is 12.4 Å². The van der Waals surface area contributed by atoms with Gasteiger partial charge in [0.15, 0.2) is 0 Å². The number of methoxy groups -OCH3 is 1. The summed E-state index contributed by atoms with van der Waals surface area (Å²) in [7, 11) is 1.63. The second kappa shape index (κ2) is 8.14. The van der Waals surface area contributed by atoms with Crippen LogP contribution in [0.5, 0.6) is 5.75 Å². The molecule has 0 heterocycles. The molecule has 2 aromatic rings. The van der Waals surface area contributed by atoms with Gasteiger partial charge in [-0.3, -0.25) is 10.1 Å². The zero-order valence-corrected chi connectivity index (χ0v) is 14.0. The molecule has 124 valence electrons. The van der Waals surface area contributed by atoms with E-state index in [2.05, 4.69) is 16.7 Å². The first kappa shape index (κ1) is 17.5. The van der Waals surface area contributed by atoms with Gasteiger partial charge in [-0.1, -0.05) is 30.3 Å². The van der Waals surface area contributed by atoms with Crippen molar-refractivity contribution in [3.63, 3.8) is 0 Å². The Morgan fingerprint density at radius 1 is 1.12 bits per heavy atom. The van der Waals surface area contributed by atoms with Gasteiger partial charge in [-0.25, -0.2) is 0 Å². The van der Waals surface area contributed by atoms with E-state index in [0.717, 1.165) is 11.3 Å². The van der Waals surface area contributed by atoms with Crippen molar-refractivity contribution in [1.82, 2.24) is 5.32 Å². The third-order valence-electron chi connectivity index (χ3n) is 3.80. The van der Waals surface area contributed by atoms with E-state index < -0.39 is 6.04 Å². The minimum absolute atomic E-state index is 0.0619. The molecule has 0 aliphatic rings. The van der Waals surface area contributed by atoms with Crippen LogP contribution in [0.15, 0.2) is 48.5 Å². The first-order valence-electron chi connectivity index (χ1n) is 7.75. The summed E-state index contributed by atoms with van der Waals surface area (Å²) in [6, 6.07) is 16.2. The molecule has 0 aromatic heterocycles. The zero-order valence-electron chi connectivity index (χ0n) is 14.0. The summed E-state index contributed by atoms with van der Waals surface area (Å²) in [4.78, 5) is 12.4. The first-order chi connectivity index (χ1) is 11.6. The lowest BCUT2D eigenvalue weighted by Gasteiger charge is -2.21. The Morgan fingerprint density at radius 3 is 2.50 bits per heavy atom. The predicted octanol–water partition coefficient (Wildman–Crippen LogP) is 3.24. The third kappa shape index (κ3) is 4.12. The quantitative estimate of drug-likeness (QED) is 0.856. The summed E-state index contributed by atoms with van der Waals surface area (Å²) in [6.45, 7) is 3.76. The number of nitrogens with one attached hydrogen (secondary N) is 2. The Morgan fingerprint density at radius 2 is 1.79 bits per heavy atom. The molecule has 0 saturated heterocycles. The van der Waals surface area contributed by atoms with E-state index >= 15 is 0 Å². The highest BCUT2D eigenvalue weighted by molar-refractivity contribution is 5.95. The molecule has 0 saturated carbocycles. The Bertz CT molecular complexity index is 752. The van der Waals surface area contributed by atoms with Crippen LogP contribution in [0.2, 0.25) is 0 Å². The van der Waals surface area contributed by atoms with Gasteiger partial charge in [0.25, 0.3) is 0 Å². The average Bonchev–Trinajstić information content (AvgIpc) is 2.61. The molecule has 0 spiro atoms. The largest absolute Gasteiger partial charge is 0.496 e. The van der Waals surface area contributed by atoms with Gasteiger partial charge < -0.3 is 10.1 Å². The van der Waals surface area contributed by atoms with Crippen molar-refractivity contribution >= 4 is 11.6 Å². The number of ether oxygens (including phenoxy) is 1. The fraction of sp³-hybridized carbons (Fsp3) is 0.263. The Labute approximate surface area is 142 Å². The number of hydrogen-bond donors (Lipinski definition) is 2. The van der Waals surface area contributed by atoms with Gasteiger partial charge in [0.05, 0.1) is 24.4 Å². The van der Waals surface area contributed by atoms with Crippen molar-refractivity contribution in [2.24, 2.45) is 0 Å². The van der Waals surface area contributed by atoms with Crippen LogP contribution in [0.3, 0.4) is 0 Å². The minimum atomic E-state index is -0.434. The minimum Gasteiger partial charge on any atom is -0.496 e. The summed E-state index contributed by atoms with van der Waals surface area (Å²) in [5.41, 5.74) is 1.94. The maximum atomic E-state index is 12.4. The monoisotopic (exact) mass is 323 g/mol. The molecule has 0 fully saturated rings. The molecule has 0 radical (unpaired) electrons. The van der Waals surface area contributed by atoms with E-state index in [-0.39, 0.29) is 11.9 Å². The van der Waals surface area contributed by atoms with Gasteiger partial charge in [-0.05, 0) is 32.0 Å². The van der Waals surface area contributed by atoms with E-state index in [9.17, 15) is 4.79 Å². The number of benzene rings is 2. The molecule has 24 heavy (non-hydrogen) atoms. The van der Waals surface area contributed by atoms with Gasteiger partial charge >= 0.3 is 0 Å². The van der Waals surface area contributed by atoms with Gasteiger partial charge in [-0.15, -0.1) is 0 Å². The number of nitrogens with zero attached hydrogens (tertiary/aromatic N) is 1. The van der Waals surface area contributed by atoms with Gasteiger partial charge in [0, 0.05) is 11.6 Å². The van der Waals surface area contributed by atoms with Crippen LogP contribution in [-0.2, 0) is 4.79 Å². The third-order valence-corrected chi connectivity index (χ3v) is 3.80. The lowest BCUT2D eigenvalue weighted by Crippen LogP contribution is -2.39. The average molecular weight is 323 g/mol. The number of carbonyl (C=O) groups excluding carboxylic acids is 1. The molecule has 0 bridgehead atoms. The molecule has 2 atom stereocenters. The van der Waals surface area contributed by atoms with E-state index in [1.807, 2.05) is 31.2 Å². The van der Waals surface area contributed by atoms with Gasteiger partial charge in [-0.2, -0.15) is 5.26 Å². The second-order valence-corrected chi connectivity index (χ2v) is 5.50. The van der Waals surface area contributed by atoms with Crippen LogP contribution in [0.1, 0.15) is 31.0 Å². The van der Waals surface area contributed by atoms with Crippen LogP contribution in [0.4, 0.5) is 5.69 Å². The summed E-state index contributed by atoms with van der Waals surface area (Å²) in [5, 5.41) is 15.1. The maximum absolute atomic E-state index is 12.4. The zero-order chi connectivity index (χ0) is 17.5. The van der Waals surface area contributed by atoms with E-state index in [1.54, 1.807) is 38.3 Å². The van der Waals surface area contributed by atoms with Crippen molar-refractivity contribution in [1.29, 1.82) is 5.26 Å². The standard InChI is InChI=1S/C19H21N3O2/c1-13(16-9-5-7-11-18(16)24-3)21-14(2)19(23)22-17-10-6-4-8-15(17)12-20/h4-11,13-14,21H,1-3H3,(H,22,23)/t13-,14+/m1/s1. The topological polar surface area (TPSA) is 74.2 Å². The molecule has 2 N–H and O–H groups in total. The highest BCUT2D eigenvalue weighted by atomic mass is 16.5. The second-order valence-electron chi connectivity index (χ2n) is 5.50. The molecule has 0 unspecified atom stereocenters. The normalized spacial score (nSPS) is 12.8. The van der Waals surface area contributed by atoms with Crippen molar-refractivity contribution in [3.05, 3.63) is 59.7 Å². The maximum Gasteiger partial charge on any atom is 0.241 e. The summed E-state index contributed by atoms with van der Waals surface area (Å²) < 4.78 is 5.36. The van der Waals surface area contributed by atoms with E-state index in [1.165, 1.54) is 0 Å². The lowest BCUT2D eigenvalue weighted by molar-refractivity contribution is -0.117. The summed E-state index contributed by atoms with van der Waals surface area (Å²) in [6.07, 6.45) is 0. The summed E-state index contributed by atoms with van der Waals surface area (Å²) in [5.74, 6) is 0.583. The fourth-order valence-electron chi connectivity index (χ4n) is 2.50. The molecule has 2 rings (SSSR count). The number of carbonyl (C=O) groups is 1. The van der Waals surface area contributed by atoms with Gasteiger partial charge in [0.1, 0.15) is 11.8 Å².